The van der Waals surface area contributed by atoms with E-state index in [1.807, 2.05) is 30.3 Å². The number of carbonyl (C=O) groups excluding carboxylic acids is 1. The Kier molecular flexibility index (Phi) is 5.38. The van der Waals surface area contributed by atoms with Crippen LogP contribution >= 0.6 is 0 Å². The maximum absolute atomic E-state index is 12.2. The summed E-state index contributed by atoms with van der Waals surface area (Å²) in [6.07, 6.45) is 10.4. The van der Waals surface area contributed by atoms with E-state index >= 15 is 0 Å². The molecule has 0 aromatic heterocycles. The molecule has 0 bridgehead atoms. The summed E-state index contributed by atoms with van der Waals surface area (Å²) in [7, 11) is 0. The van der Waals surface area contributed by atoms with Gasteiger partial charge in [0.15, 0.2) is 5.78 Å². The van der Waals surface area contributed by atoms with E-state index in [2.05, 4.69) is 13.0 Å². The van der Waals surface area contributed by atoms with E-state index in [1.165, 1.54) is 44.1 Å². The second kappa shape index (κ2) is 7.28. The zero-order valence-corrected chi connectivity index (χ0v) is 11.9. The summed E-state index contributed by atoms with van der Waals surface area (Å²) >= 11 is 0. The Labute approximate surface area is 116 Å². The van der Waals surface area contributed by atoms with Crippen molar-refractivity contribution in [1.29, 1.82) is 0 Å². The van der Waals surface area contributed by atoms with Crippen LogP contribution in [0.2, 0.25) is 0 Å². The summed E-state index contributed by atoms with van der Waals surface area (Å²) in [6.45, 7) is 2.23. The summed E-state index contributed by atoms with van der Waals surface area (Å²) in [5, 5.41) is 0. The zero-order chi connectivity index (χ0) is 13.5. The molecule has 0 radical (unpaired) electrons. The number of ketones is 1. The lowest BCUT2D eigenvalue weighted by atomic mass is 9.93. The first-order valence-electron chi connectivity index (χ1n) is 7.58. The Morgan fingerprint density at radius 1 is 1.32 bits per heavy atom. The fourth-order valence-corrected chi connectivity index (χ4v) is 2.90. The van der Waals surface area contributed by atoms with Gasteiger partial charge in [-0.1, -0.05) is 61.7 Å². The molecule has 0 saturated heterocycles. The lowest BCUT2D eigenvalue weighted by Crippen LogP contribution is -2.07. The van der Waals surface area contributed by atoms with E-state index in [9.17, 15) is 4.79 Å². The van der Waals surface area contributed by atoms with Crippen molar-refractivity contribution in [3.63, 3.8) is 0 Å². The highest BCUT2D eigenvalue weighted by Crippen LogP contribution is 2.34. The summed E-state index contributed by atoms with van der Waals surface area (Å²) < 4.78 is 0. The highest BCUT2D eigenvalue weighted by molar-refractivity contribution is 5.96. The second-order valence-electron chi connectivity index (χ2n) is 5.50. The lowest BCUT2D eigenvalue weighted by molar-refractivity contribution is 0.0968. The molecule has 0 aliphatic heterocycles. The van der Waals surface area contributed by atoms with E-state index in [4.69, 9.17) is 0 Å². The van der Waals surface area contributed by atoms with Crippen molar-refractivity contribution in [2.45, 2.75) is 51.9 Å². The van der Waals surface area contributed by atoms with Gasteiger partial charge in [0.2, 0.25) is 0 Å². The highest BCUT2D eigenvalue weighted by Gasteiger charge is 2.23. The number of hydrogen-bond acceptors (Lipinski definition) is 1. The molecule has 1 aliphatic carbocycles. The summed E-state index contributed by atoms with van der Waals surface area (Å²) in [5.41, 5.74) is 2.40. The average Bonchev–Trinajstić information content (AvgIpc) is 2.87. The van der Waals surface area contributed by atoms with Gasteiger partial charge >= 0.3 is 0 Å². The van der Waals surface area contributed by atoms with Gasteiger partial charge in [-0.2, -0.15) is 0 Å². The molecule has 0 spiro atoms. The van der Waals surface area contributed by atoms with Crippen LogP contribution in [0.15, 0.2) is 42.0 Å². The van der Waals surface area contributed by atoms with Crippen LogP contribution in [-0.2, 0) is 0 Å². The average molecular weight is 256 g/mol. The van der Waals surface area contributed by atoms with Crippen molar-refractivity contribution >= 4 is 5.78 Å². The lowest BCUT2D eigenvalue weighted by Gasteiger charge is -2.11. The van der Waals surface area contributed by atoms with E-state index in [-0.39, 0.29) is 0 Å². The maximum Gasteiger partial charge on any atom is 0.163 e. The predicted molar refractivity (Wildman–Crippen MR) is 80.3 cm³/mol. The third-order valence-electron chi connectivity index (χ3n) is 4.03. The van der Waals surface area contributed by atoms with Crippen LogP contribution in [0.4, 0.5) is 0 Å². The fourth-order valence-electron chi connectivity index (χ4n) is 2.90. The van der Waals surface area contributed by atoms with Crippen molar-refractivity contribution in [2.75, 3.05) is 0 Å². The molecule has 1 atom stereocenters. The summed E-state index contributed by atoms with van der Waals surface area (Å²) in [5.74, 6) is 0.804. The van der Waals surface area contributed by atoms with Crippen LogP contribution in [-0.4, -0.2) is 5.78 Å². The summed E-state index contributed by atoms with van der Waals surface area (Å²) in [4.78, 5) is 12.2. The van der Waals surface area contributed by atoms with Crippen molar-refractivity contribution in [1.82, 2.24) is 0 Å². The van der Waals surface area contributed by atoms with Crippen LogP contribution in [0.3, 0.4) is 0 Å². The first kappa shape index (κ1) is 14.0. The third kappa shape index (κ3) is 4.05. The topological polar surface area (TPSA) is 17.1 Å². The van der Waals surface area contributed by atoms with Gasteiger partial charge in [0.1, 0.15) is 0 Å². The minimum absolute atomic E-state index is 0.300. The fraction of sp³-hybridized carbons (Fsp3) is 0.500. The first-order valence-corrected chi connectivity index (χ1v) is 7.58. The van der Waals surface area contributed by atoms with Crippen LogP contribution in [0.5, 0.6) is 0 Å². The van der Waals surface area contributed by atoms with Crippen molar-refractivity contribution < 1.29 is 4.79 Å². The molecule has 1 fully saturated rings. The van der Waals surface area contributed by atoms with Gasteiger partial charge in [0.05, 0.1) is 0 Å². The molecule has 0 amide bonds. The zero-order valence-electron chi connectivity index (χ0n) is 11.9. The molecule has 1 aromatic rings. The maximum atomic E-state index is 12.2. The molecule has 1 nitrogen and oxygen atoms in total. The molecular weight excluding hydrogens is 232 g/mol. The van der Waals surface area contributed by atoms with E-state index < -0.39 is 0 Å². The Balaban J connectivity index is 1.94. The minimum atomic E-state index is 0.300. The molecule has 1 unspecified atom stereocenters. The van der Waals surface area contributed by atoms with Gasteiger partial charge in [0, 0.05) is 12.0 Å². The number of allylic oxidation sites excluding steroid dienone is 2. The van der Waals surface area contributed by atoms with Crippen LogP contribution < -0.4 is 0 Å². The number of carbonyl (C=O) groups is 1. The quantitative estimate of drug-likeness (QED) is 0.389. The molecular formula is C18H24O. The second-order valence-corrected chi connectivity index (χ2v) is 5.50. The monoisotopic (exact) mass is 256 g/mol. The molecule has 1 aliphatic rings. The van der Waals surface area contributed by atoms with Crippen molar-refractivity contribution in [2.24, 2.45) is 5.92 Å². The Hall–Kier alpha value is -1.37. The normalized spacial score (nSPS) is 20.9. The molecule has 2 rings (SSSR count). The molecule has 0 heterocycles. The van der Waals surface area contributed by atoms with Gasteiger partial charge in [-0.3, -0.25) is 4.79 Å². The van der Waals surface area contributed by atoms with Crippen molar-refractivity contribution in [3.05, 3.63) is 47.5 Å². The van der Waals surface area contributed by atoms with Gasteiger partial charge < -0.3 is 0 Å². The molecule has 1 aromatic carbocycles. The standard InChI is InChI=1S/C18H24O/c1-2-3-5-9-15-12-8-13-17(15)14-18(19)16-10-6-4-7-11-16/h4,6-7,9-11,17H,2-3,5,8,12-14H2,1H3/b15-9-. The molecule has 19 heavy (non-hydrogen) atoms. The van der Waals surface area contributed by atoms with Gasteiger partial charge in [-0.15, -0.1) is 0 Å². The highest BCUT2D eigenvalue weighted by atomic mass is 16.1. The Morgan fingerprint density at radius 3 is 2.84 bits per heavy atom. The molecule has 1 saturated carbocycles. The van der Waals surface area contributed by atoms with Crippen LogP contribution in [0, 0.1) is 5.92 Å². The Morgan fingerprint density at radius 2 is 2.11 bits per heavy atom. The van der Waals surface area contributed by atoms with Crippen LogP contribution in [0.25, 0.3) is 0 Å². The predicted octanol–water partition coefficient (Wildman–Crippen LogP) is 5.18. The van der Waals surface area contributed by atoms with E-state index in [0.29, 0.717) is 18.1 Å². The minimum Gasteiger partial charge on any atom is -0.294 e. The van der Waals surface area contributed by atoms with E-state index in [0.717, 1.165) is 5.56 Å². The molecule has 102 valence electrons. The number of hydrogen-bond donors (Lipinski definition) is 0. The molecule has 0 N–H and O–H groups in total. The molecule has 1 heteroatoms. The van der Waals surface area contributed by atoms with Gasteiger partial charge in [-0.05, 0) is 31.6 Å². The van der Waals surface area contributed by atoms with Crippen LogP contribution in [0.1, 0.15) is 62.2 Å². The van der Waals surface area contributed by atoms with Gasteiger partial charge in [-0.25, -0.2) is 0 Å². The summed E-state index contributed by atoms with van der Waals surface area (Å²) in [6, 6.07) is 9.71. The van der Waals surface area contributed by atoms with Crippen molar-refractivity contribution in [3.8, 4) is 0 Å². The number of rotatable bonds is 6. The Bertz CT molecular complexity index is 430. The number of benzene rings is 1. The smallest absolute Gasteiger partial charge is 0.163 e. The SMILES string of the molecule is CCCC/C=C1/CCCC1CC(=O)c1ccccc1. The third-order valence-corrected chi connectivity index (χ3v) is 4.03. The van der Waals surface area contributed by atoms with Gasteiger partial charge in [0.25, 0.3) is 0 Å². The number of Topliss-reactive ketones (excluding diaryl/α,β-unsaturated/α-hetero) is 1. The number of unbranched alkanes of at least 4 members (excludes halogenated alkanes) is 2. The first-order chi connectivity index (χ1) is 9.31. The largest absolute Gasteiger partial charge is 0.294 e. The van der Waals surface area contributed by atoms with E-state index in [1.54, 1.807) is 0 Å².